The number of rotatable bonds is 11. The average Bonchev–Trinajstić information content (AvgIpc) is 2.56. The van der Waals surface area contributed by atoms with Gasteiger partial charge in [-0.15, -0.1) is 24.8 Å². The third-order valence-corrected chi connectivity index (χ3v) is 5.23. The second kappa shape index (κ2) is 10.8. The predicted molar refractivity (Wildman–Crippen MR) is 90.3 cm³/mol. The van der Waals surface area contributed by atoms with Crippen LogP contribution >= 0.6 is 24.8 Å². The van der Waals surface area contributed by atoms with Gasteiger partial charge in [-0.3, -0.25) is 0 Å². The molecular weight excluding hydrogens is 592 g/mol. The van der Waals surface area contributed by atoms with Crippen LogP contribution < -0.4 is 4.72 Å². The van der Waals surface area contributed by atoms with Crippen LogP contribution in [0.1, 0.15) is 6.42 Å². The molecule has 0 rings (SSSR count). The van der Waals surface area contributed by atoms with Crippen LogP contribution in [0.3, 0.4) is 0 Å². The van der Waals surface area contributed by atoms with E-state index < -0.39 is 64.0 Å². The average molecular weight is 607 g/mol. The molecule has 210 valence electrons. The number of alkyl halides is 15. The molecular formula is C12H15Cl2F15N2O2S. The summed E-state index contributed by atoms with van der Waals surface area (Å²) in [5.74, 6) is -41.6. The van der Waals surface area contributed by atoms with Gasteiger partial charge in [-0.05, 0) is 27.1 Å². The molecule has 0 heterocycles. The number of nitrogens with zero attached hydrogens (tertiary/aromatic N) is 1. The van der Waals surface area contributed by atoms with E-state index in [0.717, 1.165) is 0 Å². The summed E-state index contributed by atoms with van der Waals surface area (Å²) in [6.45, 7) is -1.33. The van der Waals surface area contributed by atoms with Crippen LogP contribution in [0.15, 0.2) is 0 Å². The number of sulfonamides is 1. The summed E-state index contributed by atoms with van der Waals surface area (Å²) >= 11 is 0. The fourth-order valence-corrected chi connectivity index (χ4v) is 2.87. The van der Waals surface area contributed by atoms with Gasteiger partial charge in [0.05, 0.1) is 0 Å². The van der Waals surface area contributed by atoms with Gasteiger partial charge in [0.15, 0.2) is 0 Å². The van der Waals surface area contributed by atoms with Crippen LogP contribution in [0.4, 0.5) is 65.9 Å². The lowest BCUT2D eigenvalue weighted by atomic mass is 9.94. The van der Waals surface area contributed by atoms with Crippen molar-refractivity contribution in [1.29, 1.82) is 0 Å². The first-order valence-electron chi connectivity index (χ1n) is 7.64. The van der Waals surface area contributed by atoms with E-state index in [0.29, 0.717) is 4.72 Å². The lowest BCUT2D eigenvalue weighted by Gasteiger charge is -2.41. The molecule has 0 saturated carbocycles. The number of hydrogen-bond donors (Lipinski definition) is 1. The molecule has 0 aliphatic carbocycles. The Morgan fingerprint density at radius 2 is 0.941 bits per heavy atom. The Hall–Kier alpha value is -0.600. The van der Waals surface area contributed by atoms with Crippen LogP contribution in [-0.4, -0.2) is 81.5 Å². The number of nitrogens with one attached hydrogen (secondary N) is 1. The monoisotopic (exact) mass is 606 g/mol. The van der Waals surface area contributed by atoms with E-state index in [1.807, 2.05) is 0 Å². The van der Waals surface area contributed by atoms with Crippen molar-refractivity contribution in [3.63, 3.8) is 0 Å². The minimum Gasteiger partial charge on any atom is -0.309 e. The van der Waals surface area contributed by atoms with E-state index in [-0.39, 0.29) is 31.4 Å². The Morgan fingerprint density at radius 3 is 1.26 bits per heavy atom. The molecule has 0 atom stereocenters. The molecule has 0 spiro atoms. The second-order valence-electron chi connectivity index (χ2n) is 6.44. The summed E-state index contributed by atoms with van der Waals surface area (Å²) in [5, 5.41) is -7.38. The molecule has 0 aliphatic heterocycles. The maximum Gasteiger partial charge on any atom is 0.460 e. The summed E-state index contributed by atoms with van der Waals surface area (Å²) in [6, 6.07) is 0. The molecule has 0 saturated heterocycles. The van der Waals surface area contributed by atoms with Crippen molar-refractivity contribution in [2.75, 3.05) is 27.2 Å². The summed E-state index contributed by atoms with van der Waals surface area (Å²) in [5.41, 5.74) is 0. The standard InChI is InChI=1S/C12H13F15N2O2S.2ClH/c1-29(2)5-3-4-28-32(30,31)12(26,27)10(21,22)8(17,18)6(13,14)7(15,16)9(19,20)11(23,24)25;;/h28H,3-5H2,1-2H3;2*1H. The van der Waals surface area contributed by atoms with E-state index in [1.54, 1.807) is 0 Å². The molecule has 34 heavy (non-hydrogen) atoms. The predicted octanol–water partition coefficient (Wildman–Crippen LogP) is 5.03. The maximum absolute atomic E-state index is 13.6. The third kappa shape index (κ3) is 5.86. The highest BCUT2D eigenvalue weighted by molar-refractivity contribution is 7.90. The van der Waals surface area contributed by atoms with Gasteiger partial charge >= 0.3 is 41.0 Å². The molecule has 1 N–H and O–H groups in total. The highest BCUT2D eigenvalue weighted by Gasteiger charge is 2.94. The Morgan fingerprint density at radius 1 is 0.618 bits per heavy atom. The molecule has 0 aliphatic rings. The molecule has 0 radical (unpaired) electrons. The summed E-state index contributed by atoms with van der Waals surface area (Å²) in [7, 11) is -4.40. The van der Waals surface area contributed by atoms with Crippen molar-refractivity contribution in [1.82, 2.24) is 9.62 Å². The largest absolute Gasteiger partial charge is 0.460 e. The zero-order valence-electron chi connectivity index (χ0n) is 16.3. The van der Waals surface area contributed by atoms with E-state index in [1.165, 1.54) is 19.0 Å². The minimum absolute atomic E-state index is 0. The van der Waals surface area contributed by atoms with Crippen LogP contribution in [0.5, 0.6) is 0 Å². The first-order valence-corrected chi connectivity index (χ1v) is 9.12. The van der Waals surface area contributed by atoms with Crippen LogP contribution in [0.25, 0.3) is 0 Å². The van der Waals surface area contributed by atoms with Crippen molar-refractivity contribution >= 4 is 34.8 Å². The molecule has 4 nitrogen and oxygen atoms in total. The molecule has 0 aromatic heterocycles. The zero-order valence-corrected chi connectivity index (χ0v) is 18.7. The van der Waals surface area contributed by atoms with Crippen LogP contribution in [0, 0.1) is 0 Å². The first-order chi connectivity index (χ1) is 13.7. The highest BCUT2D eigenvalue weighted by atomic mass is 35.5. The van der Waals surface area contributed by atoms with Gasteiger partial charge in [-0.1, -0.05) is 0 Å². The topological polar surface area (TPSA) is 49.4 Å². The van der Waals surface area contributed by atoms with Crippen LogP contribution in [0.2, 0.25) is 0 Å². The molecule has 0 amide bonds. The van der Waals surface area contributed by atoms with E-state index in [9.17, 15) is 74.3 Å². The van der Waals surface area contributed by atoms with Gasteiger partial charge in [0, 0.05) is 6.54 Å². The fourth-order valence-electron chi connectivity index (χ4n) is 1.81. The van der Waals surface area contributed by atoms with E-state index in [2.05, 4.69) is 0 Å². The van der Waals surface area contributed by atoms with Gasteiger partial charge in [-0.2, -0.15) is 65.9 Å². The Balaban J connectivity index is -0.00000480. The maximum atomic E-state index is 13.6. The lowest BCUT2D eigenvalue weighted by Crippen LogP contribution is -2.73. The number of hydrogen-bond acceptors (Lipinski definition) is 3. The van der Waals surface area contributed by atoms with Crippen molar-refractivity contribution in [2.24, 2.45) is 0 Å². The summed E-state index contributed by atoms with van der Waals surface area (Å²) in [4.78, 5) is 1.28. The second-order valence-corrected chi connectivity index (χ2v) is 8.25. The number of halogens is 17. The third-order valence-electron chi connectivity index (χ3n) is 3.71. The van der Waals surface area contributed by atoms with Crippen molar-refractivity contribution in [3.8, 4) is 0 Å². The van der Waals surface area contributed by atoms with Crippen molar-refractivity contribution in [2.45, 2.75) is 47.5 Å². The lowest BCUT2D eigenvalue weighted by molar-refractivity contribution is -0.447. The van der Waals surface area contributed by atoms with Gasteiger partial charge < -0.3 is 4.90 Å². The molecule has 0 aromatic carbocycles. The zero-order chi connectivity index (χ0) is 26.4. The molecule has 0 fully saturated rings. The van der Waals surface area contributed by atoms with E-state index >= 15 is 0 Å². The highest BCUT2D eigenvalue weighted by Crippen LogP contribution is 2.62. The summed E-state index contributed by atoms with van der Waals surface area (Å²) < 4.78 is 218. The Bertz CT molecular complexity index is 772. The van der Waals surface area contributed by atoms with E-state index in [4.69, 9.17) is 0 Å². The molecule has 0 bridgehead atoms. The molecule has 0 unspecified atom stereocenters. The van der Waals surface area contributed by atoms with Gasteiger partial charge in [0.25, 0.3) is 10.0 Å². The summed E-state index contributed by atoms with van der Waals surface area (Å²) in [6.07, 6.45) is -8.19. The quantitative estimate of drug-likeness (QED) is 0.265. The normalized spacial score (nSPS) is 15.1. The smallest absolute Gasteiger partial charge is 0.309 e. The fraction of sp³-hybridized carbons (Fsp3) is 1.00. The minimum atomic E-state index is -8.54. The van der Waals surface area contributed by atoms with Crippen molar-refractivity contribution in [3.05, 3.63) is 0 Å². The van der Waals surface area contributed by atoms with Crippen LogP contribution in [-0.2, 0) is 10.0 Å². The van der Waals surface area contributed by atoms with Crippen molar-refractivity contribution < 1.29 is 74.3 Å². The van der Waals surface area contributed by atoms with Gasteiger partial charge in [0.1, 0.15) is 0 Å². The SMILES string of the molecule is CN(C)CCCNS(=O)(=O)C(F)(F)C(F)(F)C(F)(F)C(F)(F)C(F)(F)C(F)(F)C(F)(F)F.Cl.Cl. The first kappa shape index (κ1) is 37.9. The molecule has 22 heteroatoms. The Labute approximate surface area is 194 Å². The van der Waals surface area contributed by atoms with Gasteiger partial charge in [-0.25, -0.2) is 13.1 Å². The molecule has 0 aromatic rings. The Kier molecular flexibility index (Phi) is 12.0. The van der Waals surface area contributed by atoms with Gasteiger partial charge in [0.2, 0.25) is 0 Å².